The fraction of sp³-hybridized carbons (Fsp3) is 0.133. The minimum atomic E-state index is -1.58. The number of pyridine rings is 1. The number of hydrogen-bond donors (Lipinski definition) is 4. The second-order valence-corrected chi connectivity index (χ2v) is 5.96. The molecule has 1 heterocycles. The Morgan fingerprint density at radius 1 is 1.12 bits per heavy atom. The predicted octanol–water partition coefficient (Wildman–Crippen LogP) is 1.64. The quantitative estimate of drug-likeness (QED) is 0.492. The number of rotatable bonds is 5. The maximum atomic E-state index is 12.0. The lowest BCUT2D eigenvalue weighted by molar-refractivity contribution is 0.0695. The van der Waals surface area contributed by atoms with Crippen molar-refractivity contribution in [3.05, 3.63) is 37.2 Å². The molecule has 132 valence electrons. The molecule has 10 heteroatoms. The summed E-state index contributed by atoms with van der Waals surface area (Å²) >= 11 is 1.92. The summed E-state index contributed by atoms with van der Waals surface area (Å²) in [5.41, 5.74) is 3.20. The summed E-state index contributed by atoms with van der Waals surface area (Å²) in [6.07, 6.45) is 0. The van der Waals surface area contributed by atoms with Crippen molar-refractivity contribution in [2.75, 3.05) is 20.0 Å². The Morgan fingerprint density at radius 2 is 1.72 bits per heavy atom. The summed E-state index contributed by atoms with van der Waals surface area (Å²) in [7, 11) is 2.80. The number of carboxylic acid groups (broad SMARTS) is 2. The molecule has 0 radical (unpaired) electrons. The summed E-state index contributed by atoms with van der Waals surface area (Å²) < 4.78 is 10.9. The van der Waals surface area contributed by atoms with Crippen LogP contribution in [0.3, 0.4) is 0 Å². The van der Waals surface area contributed by atoms with Gasteiger partial charge >= 0.3 is 11.9 Å². The molecule has 0 amide bonds. The number of ether oxygens (including phenoxy) is 2. The minimum absolute atomic E-state index is 0.148. The van der Waals surface area contributed by atoms with Crippen LogP contribution in [0.15, 0.2) is 16.9 Å². The number of methoxy groups -OCH3 is 2. The molecule has 5 N–H and O–H groups in total. The first kappa shape index (κ1) is 18.6. The summed E-state index contributed by atoms with van der Waals surface area (Å²) in [6, 6.07) is 2.86. The Kier molecular flexibility index (Phi) is 5.21. The number of nitrogens with two attached hydrogens (primary N) is 1. The highest BCUT2D eigenvalue weighted by atomic mass is 127. The second kappa shape index (κ2) is 7.01. The summed E-state index contributed by atoms with van der Waals surface area (Å²) in [5.74, 6) is -2.86. The number of aromatic carboxylic acids is 2. The van der Waals surface area contributed by atoms with Gasteiger partial charge in [-0.15, -0.1) is 0 Å². The second-order valence-electron chi connectivity index (χ2n) is 4.80. The van der Waals surface area contributed by atoms with Gasteiger partial charge in [0.2, 0.25) is 0 Å². The largest absolute Gasteiger partial charge is 0.493 e. The molecular weight excluding hydrogens is 447 g/mol. The van der Waals surface area contributed by atoms with Gasteiger partial charge in [0.25, 0.3) is 5.56 Å². The van der Waals surface area contributed by atoms with Crippen LogP contribution < -0.4 is 20.8 Å². The minimum Gasteiger partial charge on any atom is -0.493 e. The molecule has 0 fully saturated rings. The number of nitrogen functional groups attached to an aromatic ring is 1. The van der Waals surface area contributed by atoms with Gasteiger partial charge in [0, 0.05) is 5.56 Å². The van der Waals surface area contributed by atoms with E-state index in [4.69, 9.17) is 15.2 Å². The fourth-order valence-electron chi connectivity index (χ4n) is 2.40. The predicted molar refractivity (Wildman–Crippen MR) is 96.7 cm³/mol. The van der Waals surface area contributed by atoms with Crippen LogP contribution in [0.25, 0.3) is 11.1 Å². The smallest absolute Gasteiger partial charge is 0.342 e. The average Bonchev–Trinajstić information content (AvgIpc) is 2.52. The molecular formula is C15H13IN2O7. The van der Waals surface area contributed by atoms with Crippen LogP contribution in [-0.2, 0) is 0 Å². The Labute approximate surface area is 154 Å². The highest BCUT2D eigenvalue weighted by Gasteiger charge is 2.27. The monoisotopic (exact) mass is 460 g/mol. The molecule has 0 atom stereocenters. The number of aromatic nitrogens is 1. The van der Waals surface area contributed by atoms with Gasteiger partial charge in [0.15, 0.2) is 11.5 Å². The Hall–Kier alpha value is -2.76. The number of hydrogen-bond acceptors (Lipinski definition) is 6. The number of carboxylic acids is 2. The van der Waals surface area contributed by atoms with Gasteiger partial charge in [-0.25, -0.2) is 9.59 Å². The normalized spacial score (nSPS) is 10.4. The lowest BCUT2D eigenvalue weighted by Crippen LogP contribution is -2.24. The van der Waals surface area contributed by atoms with E-state index in [0.717, 1.165) is 0 Å². The molecule has 0 saturated carbocycles. The number of H-pyrrole nitrogens is 1. The third kappa shape index (κ3) is 3.24. The molecule has 0 aliphatic carbocycles. The van der Waals surface area contributed by atoms with Crippen molar-refractivity contribution < 1.29 is 29.3 Å². The highest BCUT2D eigenvalue weighted by molar-refractivity contribution is 14.1. The molecule has 25 heavy (non-hydrogen) atoms. The first-order valence-electron chi connectivity index (χ1n) is 6.67. The van der Waals surface area contributed by atoms with Gasteiger partial charge in [0.1, 0.15) is 16.9 Å². The van der Waals surface area contributed by atoms with E-state index in [2.05, 4.69) is 0 Å². The zero-order valence-corrected chi connectivity index (χ0v) is 15.2. The van der Waals surface area contributed by atoms with E-state index in [1.807, 2.05) is 27.6 Å². The first-order chi connectivity index (χ1) is 11.7. The molecule has 0 aliphatic rings. The molecule has 2 aromatic rings. The Bertz CT molecular complexity index is 936. The fourth-order valence-corrected chi connectivity index (χ4v) is 3.22. The van der Waals surface area contributed by atoms with E-state index < -0.39 is 34.4 Å². The van der Waals surface area contributed by atoms with Crippen LogP contribution in [-0.4, -0.2) is 41.4 Å². The number of aromatic amines is 1. The molecule has 9 nitrogen and oxygen atoms in total. The Morgan fingerprint density at radius 3 is 2.20 bits per heavy atom. The van der Waals surface area contributed by atoms with Gasteiger partial charge in [-0.1, -0.05) is 0 Å². The van der Waals surface area contributed by atoms with E-state index in [0.29, 0.717) is 9.32 Å². The molecule has 0 aliphatic heterocycles. The van der Waals surface area contributed by atoms with Crippen molar-refractivity contribution in [3.63, 3.8) is 0 Å². The molecule has 2 rings (SSSR count). The van der Waals surface area contributed by atoms with E-state index in [1.54, 1.807) is 0 Å². The summed E-state index contributed by atoms with van der Waals surface area (Å²) in [5, 5.41) is 18.8. The number of halogens is 1. The standard InChI is InChI=1S/C15H13IN2O7/c1-24-7-4-5(3-6(16)11(7)25-2)8-9(14(20)21)12(17)18-13(19)10(8)15(22)23/h3-4H,1-2H3,(H,20,21)(H,22,23)(H3,17,18,19). The van der Waals surface area contributed by atoms with E-state index in [-0.39, 0.29) is 16.9 Å². The summed E-state index contributed by atoms with van der Waals surface area (Å²) in [6.45, 7) is 0. The van der Waals surface area contributed by atoms with Crippen LogP contribution in [0.4, 0.5) is 5.82 Å². The maximum absolute atomic E-state index is 12.0. The van der Waals surface area contributed by atoms with Crippen molar-refractivity contribution in [2.45, 2.75) is 0 Å². The van der Waals surface area contributed by atoms with Gasteiger partial charge in [-0.05, 0) is 40.3 Å². The molecule has 1 aromatic heterocycles. The third-order valence-electron chi connectivity index (χ3n) is 3.39. The number of benzene rings is 1. The van der Waals surface area contributed by atoms with Crippen LogP contribution in [0.5, 0.6) is 11.5 Å². The van der Waals surface area contributed by atoms with Crippen LogP contribution in [0, 0.1) is 3.57 Å². The number of nitrogens with one attached hydrogen (secondary N) is 1. The third-order valence-corrected chi connectivity index (χ3v) is 4.20. The van der Waals surface area contributed by atoms with Gasteiger partial charge in [0.05, 0.1) is 17.8 Å². The SMILES string of the molecule is COc1cc(-c2c(C(=O)O)c(N)[nH]c(=O)c2C(=O)O)cc(I)c1OC. The summed E-state index contributed by atoms with van der Waals surface area (Å²) in [4.78, 5) is 37.3. The van der Waals surface area contributed by atoms with Crippen LogP contribution in [0.1, 0.15) is 20.7 Å². The van der Waals surface area contributed by atoms with Crippen LogP contribution in [0.2, 0.25) is 0 Å². The Balaban J connectivity index is 3.00. The zero-order valence-electron chi connectivity index (χ0n) is 13.0. The highest BCUT2D eigenvalue weighted by Crippen LogP contribution is 2.39. The van der Waals surface area contributed by atoms with Gasteiger partial charge in [-0.3, -0.25) is 4.79 Å². The van der Waals surface area contributed by atoms with Crippen molar-refractivity contribution in [3.8, 4) is 22.6 Å². The number of anilines is 1. The van der Waals surface area contributed by atoms with E-state index in [9.17, 15) is 24.6 Å². The first-order valence-corrected chi connectivity index (χ1v) is 7.75. The zero-order chi connectivity index (χ0) is 18.9. The topological polar surface area (TPSA) is 152 Å². The van der Waals surface area contributed by atoms with Crippen LogP contribution >= 0.6 is 22.6 Å². The van der Waals surface area contributed by atoms with E-state index in [1.165, 1.54) is 26.4 Å². The van der Waals surface area contributed by atoms with Crippen molar-refractivity contribution in [1.82, 2.24) is 4.98 Å². The lowest BCUT2D eigenvalue weighted by Gasteiger charge is -2.15. The number of carbonyl (C=O) groups is 2. The lowest BCUT2D eigenvalue weighted by atomic mass is 9.95. The average molecular weight is 460 g/mol. The van der Waals surface area contributed by atoms with Gasteiger partial charge < -0.3 is 30.4 Å². The molecule has 0 unspecified atom stereocenters. The molecule has 0 spiro atoms. The molecule has 1 aromatic carbocycles. The van der Waals surface area contributed by atoms with Crippen molar-refractivity contribution in [1.29, 1.82) is 0 Å². The van der Waals surface area contributed by atoms with E-state index >= 15 is 0 Å². The molecule has 0 saturated heterocycles. The van der Waals surface area contributed by atoms with Crippen molar-refractivity contribution >= 4 is 40.3 Å². The van der Waals surface area contributed by atoms with Gasteiger partial charge in [-0.2, -0.15) is 0 Å². The van der Waals surface area contributed by atoms with Crippen molar-refractivity contribution in [2.24, 2.45) is 0 Å². The maximum Gasteiger partial charge on any atom is 0.342 e. The molecule has 0 bridgehead atoms.